The van der Waals surface area contributed by atoms with Gasteiger partial charge in [-0.2, -0.15) is 18.3 Å². The minimum atomic E-state index is -5.26. The maximum Gasteiger partial charge on any atom is 0.491 e. The molecule has 0 saturated carbocycles. The third kappa shape index (κ3) is 7.06. The highest BCUT2D eigenvalue weighted by molar-refractivity contribution is 6.35. The van der Waals surface area contributed by atoms with Crippen molar-refractivity contribution in [3.8, 4) is 0 Å². The second-order valence-corrected chi connectivity index (χ2v) is 12.6. The number of methoxy groups -OCH3 is 1. The number of anilines is 1. The summed E-state index contributed by atoms with van der Waals surface area (Å²) in [7, 11) is 1.22. The molecule has 1 aromatic carbocycles. The molecule has 3 aromatic rings. The monoisotopic (exact) mass is 670 g/mol. The number of hydrogen-bond donors (Lipinski definition) is 0. The lowest BCUT2D eigenvalue weighted by Crippen LogP contribution is -2.52. The third-order valence-electron chi connectivity index (χ3n) is 8.83. The summed E-state index contributed by atoms with van der Waals surface area (Å²) in [6.07, 6.45) is -2.19. The largest absolute Gasteiger partial charge is 0.491 e. The number of esters is 2. The Hall–Kier alpha value is -3.00. The van der Waals surface area contributed by atoms with Crippen molar-refractivity contribution in [3.63, 3.8) is 0 Å². The molecular weight excluding hydrogens is 636 g/mol. The molecule has 0 aliphatic carbocycles. The average molecular weight is 672 g/mol. The van der Waals surface area contributed by atoms with Crippen molar-refractivity contribution in [1.82, 2.24) is 24.6 Å². The van der Waals surface area contributed by atoms with Crippen LogP contribution in [0.3, 0.4) is 0 Å². The van der Waals surface area contributed by atoms with E-state index in [2.05, 4.69) is 21.5 Å². The number of aryl methyl sites for hydroxylation is 1. The Bertz CT molecular complexity index is 1570. The van der Waals surface area contributed by atoms with Crippen LogP contribution in [0.1, 0.15) is 56.8 Å². The minimum absolute atomic E-state index is 0.0999. The van der Waals surface area contributed by atoms with E-state index in [0.29, 0.717) is 34.3 Å². The molecule has 10 nitrogen and oxygen atoms in total. The average Bonchev–Trinajstić information content (AvgIpc) is 3.58. The number of alkyl halides is 3. The molecule has 0 spiro atoms. The molecular formula is C30H35Cl2F3N6O4. The summed E-state index contributed by atoms with van der Waals surface area (Å²) < 4.78 is 48.9. The molecule has 2 aliphatic heterocycles. The van der Waals surface area contributed by atoms with Crippen LogP contribution < -0.4 is 4.90 Å². The summed E-state index contributed by atoms with van der Waals surface area (Å²) in [4.78, 5) is 37.7. The summed E-state index contributed by atoms with van der Waals surface area (Å²) in [5.41, 5.74) is 2.98. The quantitative estimate of drug-likeness (QED) is 0.218. The Balaban J connectivity index is 1.28. The molecule has 45 heavy (non-hydrogen) atoms. The zero-order chi connectivity index (χ0) is 32.6. The number of fused-ring (bicyclic) bond motifs is 1. The normalized spacial score (nSPS) is 22.5. The van der Waals surface area contributed by atoms with Crippen LogP contribution in [-0.2, 0) is 19.1 Å². The van der Waals surface area contributed by atoms with Gasteiger partial charge < -0.3 is 14.4 Å². The van der Waals surface area contributed by atoms with Gasteiger partial charge in [-0.25, -0.2) is 24.2 Å². The number of hydrogen-bond acceptors (Lipinski definition) is 9. The van der Waals surface area contributed by atoms with Gasteiger partial charge in [-0.05, 0) is 69.7 Å². The van der Waals surface area contributed by atoms with Crippen LogP contribution in [0.4, 0.5) is 19.0 Å². The molecule has 2 saturated heterocycles. The molecule has 0 amide bonds. The third-order valence-corrected chi connectivity index (χ3v) is 9.39. The van der Waals surface area contributed by atoms with E-state index in [0.717, 1.165) is 42.9 Å². The van der Waals surface area contributed by atoms with E-state index in [4.69, 9.17) is 43.0 Å². The van der Waals surface area contributed by atoms with Crippen molar-refractivity contribution in [2.75, 3.05) is 31.6 Å². The predicted octanol–water partition coefficient (Wildman–Crippen LogP) is 5.77. The van der Waals surface area contributed by atoms with Crippen LogP contribution in [0.2, 0.25) is 10.0 Å². The number of aromatic nitrogens is 4. The van der Waals surface area contributed by atoms with Gasteiger partial charge in [0, 0.05) is 42.3 Å². The maximum absolute atomic E-state index is 12.6. The molecule has 0 N–H and O–H groups in total. The zero-order valence-electron chi connectivity index (χ0n) is 25.4. The Morgan fingerprint density at radius 2 is 1.93 bits per heavy atom. The summed E-state index contributed by atoms with van der Waals surface area (Å²) in [5.74, 6) is -2.93. The highest BCUT2D eigenvalue weighted by Crippen LogP contribution is 2.34. The predicted molar refractivity (Wildman–Crippen MR) is 162 cm³/mol. The lowest BCUT2D eigenvalue weighted by molar-refractivity contribution is -0.205. The van der Waals surface area contributed by atoms with Gasteiger partial charge in [0.1, 0.15) is 11.3 Å². The van der Waals surface area contributed by atoms with E-state index < -0.39 is 24.2 Å². The van der Waals surface area contributed by atoms with Gasteiger partial charge in [0.2, 0.25) is 0 Å². The van der Waals surface area contributed by atoms with Gasteiger partial charge in [-0.15, -0.1) is 0 Å². The molecule has 15 heteroatoms. The van der Waals surface area contributed by atoms with Crippen LogP contribution in [0, 0.1) is 12.8 Å². The van der Waals surface area contributed by atoms with Gasteiger partial charge in [-0.3, -0.25) is 4.90 Å². The van der Waals surface area contributed by atoms with Gasteiger partial charge >= 0.3 is 18.1 Å². The molecule has 2 aliphatic rings. The number of carbonyl (C=O) groups excluding carboxylic acids is 2. The summed E-state index contributed by atoms with van der Waals surface area (Å²) in [5, 5.41) is 5.82. The van der Waals surface area contributed by atoms with E-state index in [-0.39, 0.29) is 30.5 Å². The first kappa shape index (κ1) is 33.4. The van der Waals surface area contributed by atoms with E-state index >= 15 is 0 Å². The van der Waals surface area contributed by atoms with Gasteiger partial charge in [0.05, 0.1) is 17.9 Å². The SMILES string of the molecule is COC(C[C@@H]1CCCN1C1CCN(c2cnc3c(C)nn([C@H](C)c4ccc(Cl)cc4Cl)c3n2)CC1C)C(=O)OC(=O)C(F)(F)F. The fourth-order valence-corrected chi connectivity index (χ4v) is 7.13. The molecule has 4 heterocycles. The number of nitrogens with zero attached hydrogens (tertiary/aromatic N) is 6. The number of rotatable bonds is 8. The van der Waals surface area contributed by atoms with Crippen LogP contribution in [-0.4, -0.2) is 87.7 Å². The van der Waals surface area contributed by atoms with E-state index in [1.807, 2.05) is 24.6 Å². The van der Waals surface area contributed by atoms with Crippen LogP contribution in [0.5, 0.6) is 0 Å². The molecule has 3 unspecified atom stereocenters. The second-order valence-electron chi connectivity index (χ2n) is 11.8. The van der Waals surface area contributed by atoms with Crippen molar-refractivity contribution >= 4 is 52.1 Å². The molecule has 244 valence electrons. The number of likely N-dealkylation sites (tertiary alicyclic amines) is 1. The van der Waals surface area contributed by atoms with Crippen molar-refractivity contribution in [2.45, 2.75) is 76.9 Å². The van der Waals surface area contributed by atoms with Crippen LogP contribution in [0.15, 0.2) is 24.4 Å². The van der Waals surface area contributed by atoms with Crippen LogP contribution >= 0.6 is 23.2 Å². The Labute approximate surface area is 268 Å². The maximum atomic E-state index is 12.6. The lowest BCUT2D eigenvalue weighted by atomic mass is 9.91. The Morgan fingerprint density at radius 3 is 2.60 bits per heavy atom. The number of benzene rings is 1. The molecule has 5 rings (SSSR count). The molecule has 0 bridgehead atoms. The fourth-order valence-electron chi connectivity index (χ4n) is 6.57. The van der Waals surface area contributed by atoms with E-state index in [9.17, 15) is 22.8 Å². The molecule has 2 aromatic heterocycles. The summed E-state index contributed by atoms with van der Waals surface area (Å²) >= 11 is 12.6. The van der Waals surface area contributed by atoms with E-state index in [1.54, 1.807) is 18.3 Å². The van der Waals surface area contributed by atoms with Gasteiger partial charge in [0.25, 0.3) is 0 Å². The molecule has 2 fully saturated rings. The lowest BCUT2D eigenvalue weighted by Gasteiger charge is -2.44. The molecule has 5 atom stereocenters. The first-order chi connectivity index (χ1) is 21.3. The van der Waals surface area contributed by atoms with Gasteiger partial charge in [0.15, 0.2) is 11.8 Å². The highest BCUT2D eigenvalue weighted by Gasteiger charge is 2.44. The smallest absolute Gasteiger partial charge is 0.384 e. The summed E-state index contributed by atoms with van der Waals surface area (Å²) in [6, 6.07) is 5.24. The van der Waals surface area contributed by atoms with Crippen molar-refractivity contribution in [2.24, 2.45) is 5.92 Å². The zero-order valence-corrected chi connectivity index (χ0v) is 26.9. The highest BCUT2D eigenvalue weighted by atomic mass is 35.5. The minimum Gasteiger partial charge on any atom is -0.384 e. The second kappa shape index (κ2) is 13.4. The summed E-state index contributed by atoms with van der Waals surface area (Å²) in [6.45, 7) is 8.25. The van der Waals surface area contributed by atoms with Crippen molar-refractivity contribution in [3.05, 3.63) is 45.7 Å². The Kier molecular flexibility index (Phi) is 9.93. The fraction of sp³-hybridized carbons (Fsp3) is 0.567. The van der Waals surface area contributed by atoms with E-state index in [1.165, 1.54) is 7.11 Å². The number of ether oxygens (including phenoxy) is 2. The topological polar surface area (TPSA) is 103 Å². The Morgan fingerprint density at radius 1 is 1.18 bits per heavy atom. The van der Waals surface area contributed by atoms with Crippen molar-refractivity contribution < 1.29 is 32.2 Å². The number of halogens is 5. The van der Waals surface area contributed by atoms with Crippen LogP contribution in [0.25, 0.3) is 11.2 Å². The van der Waals surface area contributed by atoms with Crippen molar-refractivity contribution in [1.29, 1.82) is 0 Å². The standard InChI is InChI=1S/C30H35Cl2F3N6O4/c1-16-15-39(11-9-23(16)40-10-5-6-20(40)13-24(44-4)28(42)45-29(43)30(33,34)35)25-14-36-26-17(2)38-41(27(26)37-25)18(3)21-8-7-19(31)12-22(21)32/h7-8,12,14,16,18,20,23-24H,5-6,9-11,13,15H2,1-4H3/t16?,18-,20+,23?,24?/m1/s1. The molecule has 0 radical (unpaired) electrons. The number of carbonyl (C=O) groups is 2. The van der Waals surface area contributed by atoms with Gasteiger partial charge in [-0.1, -0.05) is 36.2 Å². The first-order valence-electron chi connectivity index (χ1n) is 14.8. The first-order valence-corrected chi connectivity index (χ1v) is 15.6. The number of piperidine rings is 1.